The van der Waals surface area contributed by atoms with E-state index >= 15 is 0 Å². The lowest BCUT2D eigenvalue weighted by Crippen LogP contribution is -2.21. The highest BCUT2D eigenvalue weighted by atomic mass is 31.2. The molecule has 0 saturated carbocycles. The maximum absolute atomic E-state index is 5.37. The van der Waals surface area contributed by atoms with Crippen LogP contribution in [-0.4, -0.2) is 4.55 Å². The molecule has 1 aliphatic heterocycles. The molecule has 4 nitrogen and oxygen atoms in total. The summed E-state index contributed by atoms with van der Waals surface area (Å²) in [5.41, 5.74) is 0. The summed E-state index contributed by atoms with van der Waals surface area (Å²) < 4.78 is 1.73. The number of hydrazine groups is 1. The van der Waals surface area contributed by atoms with Gasteiger partial charge < -0.3 is 0 Å². The van der Waals surface area contributed by atoms with Crippen molar-refractivity contribution >= 4 is 26.6 Å². The molecule has 1 fully saturated rings. The van der Waals surface area contributed by atoms with Crippen LogP contribution in [0.4, 0.5) is 0 Å². The van der Waals surface area contributed by atoms with Crippen molar-refractivity contribution in [3.05, 3.63) is 0 Å². The molecule has 0 aromatic carbocycles. The number of hydrogen-bond acceptors (Lipinski definition) is 4. The van der Waals surface area contributed by atoms with Crippen LogP contribution in [-0.2, 0) is 0 Å². The van der Waals surface area contributed by atoms with E-state index in [4.69, 9.17) is 5.84 Å². The van der Waals surface area contributed by atoms with Gasteiger partial charge in [0.05, 0.1) is 0 Å². The van der Waals surface area contributed by atoms with Gasteiger partial charge in [-0.3, -0.25) is 15.6 Å². The molecule has 2 atom stereocenters. The average molecular weight is 156 g/mol. The zero-order valence-electron chi connectivity index (χ0n) is 3.52. The lowest BCUT2D eigenvalue weighted by Gasteiger charge is -2.21. The average Bonchev–Trinajstić information content (AvgIpc) is 1.69. The Morgan fingerprint density at radius 2 is 1.86 bits per heavy atom. The highest BCUT2D eigenvalue weighted by Gasteiger charge is 2.01. The molecule has 0 radical (unpaired) electrons. The minimum absolute atomic E-state index is 0.599. The van der Waals surface area contributed by atoms with Crippen molar-refractivity contribution in [2.24, 2.45) is 5.84 Å². The van der Waals surface area contributed by atoms with Crippen LogP contribution in [0.1, 0.15) is 0 Å². The summed E-state index contributed by atoms with van der Waals surface area (Å²) in [6.45, 7) is 0. The van der Waals surface area contributed by atoms with Gasteiger partial charge in [0.1, 0.15) is 0 Å². The SMILES string of the molecule is NN1PNPNP1. The predicted octanol–water partition coefficient (Wildman–Crippen LogP) is -0.120. The lowest BCUT2D eigenvalue weighted by molar-refractivity contribution is 0.780. The van der Waals surface area contributed by atoms with Crippen LogP contribution >= 0.6 is 26.6 Å². The van der Waals surface area contributed by atoms with E-state index < -0.39 is 0 Å². The first-order valence-electron chi connectivity index (χ1n) is 1.71. The Hall–Kier alpha value is 1.13. The smallest absolute Gasteiger partial charge is 0.0461 e. The zero-order chi connectivity index (χ0) is 5.11. The van der Waals surface area contributed by atoms with E-state index in [1.165, 1.54) is 0 Å². The van der Waals surface area contributed by atoms with Gasteiger partial charge in [0.2, 0.25) is 0 Å². The van der Waals surface area contributed by atoms with Crippen molar-refractivity contribution < 1.29 is 0 Å². The van der Waals surface area contributed by atoms with Gasteiger partial charge in [-0.05, 0) is 0 Å². The summed E-state index contributed by atoms with van der Waals surface area (Å²) in [5.74, 6) is 5.37. The summed E-state index contributed by atoms with van der Waals surface area (Å²) in [5, 5.41) is 0. The molecule has 7 heavy (non-hydrogen) atoms. The quantitative estimate of drug-likeness (QED) is 0.338. The van der Waals surface area contributed by atoms with Gasteiger partial charge in [-0.1, -0.05) is 0 Å². The van der Waals surface area contributed by atoms with Crippen molar-refractivity contribution in [3.63, 3.8) is 0 Å². The van der Waals surface area contributed by atoms with Gasteiger partial charge in [0.15, 0.2) is 0 Å². The summed E-state index contributed by atoms with van der Waals surface area (Å²) >= 11 is 0. The molecule has 42 valence electrons. The van der Waals surface area contributed by atoms with Gasteiger partial charge in [-0.15, -0.1) is 0 Å². The third kappa shape index (κ3) is 2.25. The number of nitrogens with zero attached hydrogens (tertiary/aromatic N) is 1. The Kier molecular flexibility index (Phi) is 2.87. The minimum atomic E-state index is 0.599. The number of rotatable bonds is 0. The molecule has 0 aliphatic carbocycles. The fourth-order valence-corrected chi connectivity index (χ4v) is 3.69. The first-order chi connectivity index (χ1) is 3.39. The Bertz CT molecular complexity index is 48.9. The Balaban J connectivity index is 2.12. The lowest BCUT2D eigenvalue weighted by atomic mass is 12.9. The monoisotopic (exact) mass is 156 g/mol. The highest BCUT2D eigenvalue weighted by molar-refractivity contribution is 7.65. The zero-order valence-corrected chi connectivity index (χ0v) is 6.52. The topological polar surface area (TPSA) is 53.3 Å². The molecule has 1 saturated heterocycles. The molecular weight excluding hydrogens is 149 g/mol. The highest BCUT2D eigenvalue weighted by Crippen LogP contribution is 2.32. The van der Waals surface area contributed by atoms with E-state index in [2.05, 4.69) is 9.72 Å². The standard InChI is InChI=1S/H7N4P3/c1-4-6-2-5-3-7-4/h2-3,5-7H,1H2. The third-order valence-corrected chi connectivity index (χ3v) is 3.52. The van der Waals surface area contributed by atoms with Gasteiger partial charge in [0.25, 0.3) is 0 Å². The Morgan fingerprint density at radius 3 is 2.14 bits per heavy atom. The Labute approximate surface area is 47.6 Å². The van der Waals surface area contributed by atoms with Crippen LogP contribution in [0.3, 0.4) is 0 Å². The van der Waals surface area contributed by atoms with E-state index in [1.807, 2.05) is 0 Å². The summed E-state index contributed by atoms with van der Waals surface area (Å²) in [7, 11) is 1.89. The molecule has 4 N–H and O–H groups in total. The van der Waals surface area contributed by atoms with E-state index in [9.17, 15) is 0 Å². The second-order valence-electron chi connectivity index (χ2n) is 0.969. The molecule has 2 unspecified atom stereocenters. The predicted molar refractivity (Wildman–Crippen MR) is 37.2 cm³/mol. The maximum atomic E-state index is 5.37. The molecule has 0 spiro atoms. The molecule has 1 rings (SSSR count). The van der Waals surface area contributed by atoms with E-state index in [1.54, 1.807) is 4.55 Å². The second kappa shape index (κ2) is 3.21. The van der Waals surface area contributed by atoms with Crippen LogP contribution in [0.5, 0.6) is 0 Å². The summed E-state index contributed by atoms with van der Waals surface area (Å²) in [6.07, 6.45) is 0. The molecule has 0 amide bonds. The number of nitrogens with two attached hydrogens (primary N) is 1. The normalized spacial score (nSPS) is 35.6. The van der Waals surface area contributed by atoms with Crippen LogP contribution in [0, 0.1) is 0 Å². The van der Waals surface area contributed by atoms with E-state index in [0.717, 1.165) is 0 Å². The fraction of sp³-hybridized carbons (Fsp3) is 0. The summed E-state index contributed by atoms with van der Waals surface area (Å²) in [6, 6.07) is 0. The Morgan fingerprint density at radius 1 is 1.29 bits per heavy atom. The molecular formula is H7N4P3. The molecule has 0 aromatic heterocycles. The van der Waals surface area contributed by atoms with Crippen LogP contribution in [0.15, 0.2) is 0 Å². The van der Waals surface area contributed by atoms with Gasteiger partial charge in [-0.25, -0.2) is 0 Å². The van der Waals surface area contributed by atoms with Crippen molar-refractivity contribution in [1.82, 2.24) is 14.3 Å². The van der Waals surface area contributed by atoms with Crippen LogP contribution < -0.4 is 15.6 Å². The second-order valence-corrected chi connectivity index (χ2v) is 5.08. The molecule has 0 bridgehead atoms. The number of nitrogens with one attached hydrogen (secondary N) is 2. The summed E-state index contributed by atoms with van der Waals surface area (Å²) in [4.78, 5) is 6.17. The van der Waals surface area contributed by atoms with E-state index in [0.29, 0.717) is 26.6 Å². The molecule has 0 aromatic rings. The maximum Gasteiger partial charge on any atom is 0.0461 e. The van der Waals surface area contributed by atoms with Crippen molar-refractivity contribution in [2.75, 3.05) is 0 Å². The minimum Gasteiger partial charge on any atom is -0.260 e. The number of hydrogen-bond donors (Lipinski definition) is 3. The van der Waals surface area contributed by atoms with Crippen LogP contribution in [0.25, 0.3) is 0 Å². The molecule has 1 heterocycles. The van der Waals surface area contributed by atoms with Gasteiger partial charge in [0, 0.05) is 26.6 Å². The first-order valence-corrected chi connectivity index (χ1v) is 4.60. The largest absolute Gasteiger partial charge is 0.260 e. The molecule has 1 aliphatic rings. The van der Waals surface area contributed by atoms with Crippen molar-refractivity contribution in [2.45, 2.75) is 0 Å². The molecule has 7 heteroatoms. The third-order valence-electron chi connectivity index (χ3n) is 0.478. The van der Waals surface area contributed by atoms with Gasteiger partial charge >= 0.3 is 0 Å². The fourth-order valence-electron chi connectivity index (χ4n) is 0.236. The van der Waals surface area contributed by atoms with E-state index in [-0.39, 0.29) is 0 Å². The first kappa shape index (κ1) is 6.25. The van der Waals surface area contributed by atoms with Crippen LogP contribution in [0.2, 0.25) is 0 Å². The van der Waals surface area contributed by atoms with Gasteiger partial charge in [-0.2, -0.15) is 4.55 Å². The van der Waals surface area contributed by atoms with Crippen molar-refractivity contribution in [1.29, 1.82) is 0 Å². The van der Waals surface area contributed by atoms with Crippen molar-refractivity contribution in [3.8, 4) is 0 Å².